The van der Waals surface area contributed by atoms with Gasteiger partial charge in [0.25, 0.3) is 0 Å². The Labute approximate surface area is 372 Å². The fourth-order valence-corrected chi connectivity index (χ4v) is 8.93. The van der Waals surface area contributed by atoms with Gasteiger partial charge >= 0.3 is 0 Å². The van der Waals surface area contributed by atoms with Crippen molar-refractivity contribution in [1.29, 1.82) is 0 Å². The molecule has 0 amide bonds. The van der Waals surface area contributed by atoms with E-state index < -0.39 is 224 Å². The van der Waals surface area contributed by atoms with Crippen LogP contribution in [0.15, 0.2) is 0 Å². The molecule has 6 unspecified atom stereocenters. The predicted molar refractivity (Wildman–Crippen MR) is 196 cm³/mol. The van der Waals surface area contributed by atoms with E-state index in [1.54, 1.807) is 0 Å². The van der Waals surface area contributed by atoms with E-state index >= 15 is 0 Å². The summed E-state index contributed by atoms with van der Waals surface area (Å²) in [6.45, 7) is -5.99. The Bertz CT molecular complexity index is 1230. The van der Waals surface area contributed by atoms with Crippen LogP contribution in [-0.4, -0.2) is 316 Å². The Morgan fingerprint density at radius 1 is 0.182 bits per heavy atom. The highest BCUT2D eigenvalue weighted by atomic mass is 16.8. The van der Waals surface area contributed by atoms with Crippen molar-refractivity contribution in [2.24, 2.45) is 0 Å². The van der Waals surface area contributed by atoms with Gasteiger partial charge in [-0.1, -0.05) is 0 Å². The van der Waals surface area contributed by atoms with E-state index in [1.165, 1.54) is 0 Å². The third-order valence-electron chi connectivity index (χ3n) is 12.7. The zero-order valence-electron chi connectivity index (χ0n) is 34.5. The van der Waals surface area contributed by atoms with Crippen molar-refractivity contribution in [2.45, 2.75) is 184 Å². The molecule has 0 saturated carbocycles. The van der Waals surface area contributed by atoms with Crippen LogP contribution in [0.4, 0.5) is 0 Å². The lowest BCUT2D eigenvalue weighted by Gasteiger charge is -2.50. The molecular weight excluding hydrogens is 912 g/mol. The lowest BCUT2D eigenvalue weighted by molar-refractivity contribution is -0.404. The fourth-order valence-electron chi connectivity index (χ4n) is 8.93. The zero-order valence-corrected chi connectivity index (χ0v) is 34.5. The van der Waals surface area contributed by atoms with E-state index in [4.69, 9.17) is 56.8 Å². The van der Waals surface area contributed by atoms with Gasteiger partial charge in [-0.25, -0.2) is 0 Å². The molecule has 30 heteroatoms. The third kappa shape index (κ3) is 10.0. The van der Waals surface area contributed by atoms with E-state index in [-0.39, 0.29) is 0 Å². The molecule has 0 radical (unpaired) electrons. The molecule has 384 valence electrons. The maximum absolute atomic E-state index is 11.2. The minimum atomic E-state index is -2.15. The van der Waals surface area contributed by atoms with Crippen molar-refractivity contribution in [3.8, 4) is 0 Å². The molecule has 22 saturated heterocycles. The maximum atomic E-state index is 11.2. The van der Waals surface area contributed by atoms with Gasteiger partial charge in [-0.15, -0.1) is 0 Å². The first kappa shape index (κ1) is 52.6. The Hall–Kier alpha value is -1.20. The summed E-state index contributed by atoms with van der Waals surface area (Å²) in [5.74, 6) is 0. The van der Waals surface area contributed by atoms with Crippen molar-refractivity contribution in [3.05, 3.63) is 0 Å². The minimum absolute atomic E-state index is 0.999. The molecular formula is C36H60O30. The van der Waals surface area contributed by atoms with Crippen LogP contribution in [0.1, 0.15) is 0 Å². The molecule has 0 spiro atoms. The molecule has 22 aliphatic rings. The van der Waals surface area contributed by atoms with Gasteiger partial charge in [0.1, 0.15) is 146 Å². The normalized spacial score (nSPS) is 55.4. The van der Waals surface area contributed by atoms with Crippen LogP contribution in [0.2, 0.25) is 0 Å². The van der Waals surface area contributed by atoms with Crippen molar-refractivity contribution >= 4 is 0 Å². The highest BCUT2D eigenvalue weighted by Crippen LogP contribution is 2.38. The van der Waals surface area contributed by atoms with Crippen molar-refractivity contribution in [2.75, 3.05) is 39.6 Å². The van der Waals surface area contributed by atoms with Gasteiger partial charge in [0.05, 0.1) is 39.6 Å². The van der Waals surface area contributed by atoms with Gasteiger partial charge in [0.15, 0.2) is 37.7 Å². The SMILES string of the molecule is OC[C@H]1OC2O[C@@H]3[C@H](O)[C@@H](O)C(O[C@H]4[C@H](O)[C@H](O)C(O[C@@H]5[C@H](O)[C@H](O)C(O[C@@H]6[C@H](O)[C@@H](O)C(O[C@H]7[C@H](O)[C@H](O)C(O[C@@H]1[C@H](O)[C@@H]2O)O[C@@H]7CO)O[C@@H]6CO)O[C@@H]5CO)O[C@@H]4CO)O[C@@H]3CO. The Morgan fingerprint density at radius 3 is 0.409 bits per heavy atom. The van der Waals surface area contributed by atoms with Crippen LogP contribution in [0.5, 0.6) is 0 Å². The number of rotatable bonds is 6. The molecule has 30 atom stereocenters. The largest absolute Gasteiger partial charge is 0.394 e. The second kappa shape index (κ2) is 22.1. The quantitative estimate of drug-likeness (QED) is 0.117. The van der Waals surface area contributed by atoms with Crippen molar-refractivity contribution < 1.29 is 149 Å². The third-order valence-corrected chi connectivity index (χ3v) is 12.7. The number of ether oxygens (including phenoxy) is 12. The van der Waals surface area contributed by atoms with Crippen LogP contribution >= 0.6 is 0 Å². The Kier molecular flexibility index (Phi) is 17.6. The summed E-state index contributed by atoms with van der Waals surface area (Å²) in [4.78, 5) is 0. The average molecular weight is 973 g/mol. The van der Waals surface area contributed by atoms with Gasteiger partial charge in [-0.2, -0.15) is 0 Å². The van der Waals surface area contributed by atoms with Gasteiger partial charge in [0, 0.05) is 0 Å². The first-order chi connectivity index (χ1) is 31.4. The van der Waals surface area contributed by atoms with Crippen LogP contribution in [0, 0.1) is 0 Å². The second-order valence-electron chi connectivity index (χ2n) is 16.8. The predicted octanol–water partition coefficient (Wildman–Crippen LogP) is -13.1. The van der Waals surface area contributed by atoms with Crippen molar-refractivity contribution in [3.63, 3.8) is 0 Å². The fraction of sp³-hybridized carbons (Fsp3) is 1.00. The number of hydrogen-bond donors (Lipinski definition) is 18. The van der Waals surface area contributed by atoms with E-state index in [2.05, 4.69) is 0 Å². The molecule has 12 bridgehead atoms. The summed E-state index contributed by atoms with van der Waals surface area (Å²) in [7, 11) is 0. The highest BCUT2D eigenvalue weighted by Gasteiger charge is 2.58. The molecule has 0 aliphatic carbocycles. The van der Waals surface area contributed by atoms with Crippen LogP contribution in [0.3, 0.4) is 0 Å². The lowest BCUT2D eigenvalue weighted by Crippen LogP contribution is -2.69. The standard InChI is InChI=1S/C36H60O30/c37-1-7-25-13(43)19(49)31(55-7)62-26-8(2-38)57-33(21(51)15(26)45)64-28-10(4-40)59-35(23(53)17(28)47)66-30-12(6-42)60-36(24(54)18(30)48)65-29-11(5-41)58-34(22(52)16(29)46)63-27-9(3-39)56-32(61-25)20(50)14(27)44/h7-54H,1-6H2/t7-,8-,9-,10-,11-,12-,13-,14-,15-,16-,17-,18-,19-,20+,21+,22+,23+,24-,25+,26-,27+,28+,29-,30+,31?,32?,33?,34?,35?,36?/m1/s1. The highest BCUT2D eigenvalue weighted by molar-refractivity contribution is 5.01. The number of aliphatic hydroxyl groups is 18. The van der Waals surface area contributed by atoms with Gasteiger partial charge in [-0.05, 0) is 0 Å². The smallest absolute Gasteiger partial charge is 0.187 e. The molecule has 66 heavy (non-hydrogen) atoms. The van der Waals surface area contributed by atoms with E-state index in [0.717, 1.165) is 0 Å². The molecule has 0 aromatic heterocycles. The van der Waals surface area contributed by atoms with Crippen LogP contribution in [0.25, 0.3) is 0 Å². The molecule has 22 heterocycles. The summed E-state index contributed by atoms with van der Waals surface area (Å²) in [5.41, 5.74) is 0. The van der Waals surface area contributed by atoms with E-state index in [9.17, 15) is 91.9 Å². The molecule has 18 N–H and O–H groups in total. The summed E-state index contributed by atoms with van der Waals surface area (Å²) < 4.78 is 67.9. The van der Waals surface area contributed by atoms with Crippen LogP contribution < -0.4 is 0 Å². The van der Waals surface area contributed by atoms with Gasteiger partial charge < -0.3 is 149 Å². The number of hydrogen-bond acceptors (Lipinski definition) is 30. The summed E-state index contributed by atoms with van der Waals surface area (Å²) in [6, 6.07) is 0. The van der Waals surface area contributed by atoms with Gasteiger partial charge in [-0.3, -0.25) is 0 Å². The number of aliphatic hydroxyl groups excluding tert-OH is 18. The Morgan fingerprint density at radius 2 is 0.303 bits per heavy atom. The van der Waals surface area contributed by atoms with Crippen LogP contribution in [-0.2, 0) is 56.8 Å². The molecule has 22 fully saturated rings. The monoisotopic (exact) mass is 972 g/mol. The first-order valence-electron chi connectivity index (χ1n) is 21.1. The molecule has 30 nitrogen and oxygen atoms in total. The average Bonchev–Trinajstić information content (AvgIpc) is 3.31. The van der Waals surface area contributed by atoms with E-state index in [0.29, 0.717) is 0 Å². The Balaban J connectivity index is 1.19. The molecule has 0 aromatic rings. The zero-order chi connectivity index (χ0) is 48.0. The minimum Gasteiger partial charge on any atom is -0.394 e. The lowest BCUT2D eigenvalue weighted by atomic mass is 9.94. The van der Waals surface area contributed by atoms with E-state index in [1.807, 2.05) is 0 Å². The molecule has 22 aliphatic heterocycles. The topological polar surface area (TPSA) is 475 Å². The summed E-state index contributed by atoms with van der Waals surface area (Å²) >= 11 is 0. The van der Waals surface area contributed by atoms with Crippen molar-refractivity contribution in [1.82, 2.24) is 0 Å². The molecule has 22 rings (SSSR count). The first-order valence-corrected chi connectivity index (χ1v) is 21.1. The summed E-state index contributed by atoms with van der Waals surface area (Å²) in [5, 5.41) is 196. The molecule has 0 aromatic carbocycles. The summed E-state index contributed by atoms with van der Waals surface area (Å²) in [6.07, 6.45) is -58.5. The second-order valence-corrected chi connectivity index (χ2v) is 16.8. The van der Waals surface area contributed by atoms with Gasteiger partial charge in [0.2, 0.25) is 0 Å². The maximum Gasteiger partial charge on any atom is 0.187 e.